The highest BCUT2D eigenvalue weighted by atomic mass is 16.6. The van der Waals surface area contributed by atoms with Crippen LogP contribution in [0.15, 0.2) is 33.6 Å². The lowest BCUT2D eigenvalue weighted by Gasteiger charge is -2.17. The number of nitrogens with one attached hydrogen (secondary N) is 1. The van der Waals surface area contributed by atoms with Crippen molar-refractivity contribution < 1.29 is 19.5 Å². The molecule has 0 saturated heterocycles. The van der Waals surface area contributed by atoms with Gasteiger partial charge in [0.2, 0.25) is 5.43 Å². The van der Waals surface area contributed by atoms with Crippen molar-refractivity contribution in [3.8, 4) is 5.75 Å². The second-order valence-corrected chi connectivity index (χ2v) is 5.59. The van der Waals surface area contributed by atoms with Crippen LogP contribution in [0.2, 0.25) is 0 Å². The normalized spacial score (nSPS) is 14.9. The molecular weight excluding hydrogens is 286 g/mol. The quantitative estimate of drug-likeness (QED) is 0.504. The lowest BCUT2D eigenvalue weighted by molar-refractivity contribution is 0.0777. The number of hydrogen-bond donors (Lipinski definition) is 3. The standard InChI is InChI=1S/C16H25NO5/c1-5-12(18)6-15(10(2)3)22-17-7-11(4)13-8-21-9-14(19)16(13)20/h6,8-12,17-19H,5,7H2,1-4H3/b15-6-. The van der Waals surface area contributed by atoms with Crippen LogP contribution in [0.1, 0.15) is 45.6 Å². The van der Waals surface area contributed by atoms with Crippen LogP contribution >= 0.6 is 0 Å². The number of hydrogen-bond acceptors (Lipinski definition) is 6. The Morgan fingerprint density at radius 3 is 2.68 bits per heavy atom. The van der Waals surface area contributed by atoms with Crippen molar-refractivity contribution >= 4 is 0 Å². The van der Waals surface area contributed by atoms with Crippen molar-refractivity contribution in [3.63, 3.8) is 0 Å². The minimum Gasteiger partial charge on any atom is -0.502 e. The van der Waals surface area contributed by atoms with Crippen molar-refractivity contribution in [2.75, 3.05) is 6.54 Å². The van der Waals surface area contributed by atoms with Gasteiger partial charge >= 0.3 is 0 Å². The Bertz CT molecular complexity index is 550. The van der Waals surface area contributed by atoms with Gasteiger partial charge < -0.3 is 19.5 Å². The molecule has 1 rings (SSSR count). The molecule has 0 aliphatic heterocycles. The molecule has 2 unspecified atom stereocenters. The fourth-order valence-corrected chi connectivity index (χ4v) is 1.78. The van der Waals surface area contributed by atoms with E-state index >= 15 is 0 Å². The van der Waals surface area contributed by atoms with Crippen molar-refractivity contribution in [1.29, 1.82) is 0 Å². The van der Waals surface area contributed by atoms with Gasteiger partial charge in [-0.05, 0) is 12.5 Å². The average Bonchev–Trinajstić information content (AvgIpc) is 2.48. The molecule has 0 amide bonds. The molecule has 1 heterocycles. The van der Waals surface area contributed by atoms with Crippen molar-refractivity contribution in [3.05, 3.63) is 40.1 Å². The van der Waals surface area contributed by atoms with E-state index in [1.165, 1.54) is 6.26 Å². The highest BCUT2D eigenvalue weighted by molar-refractivity contribution is 5.23. The van der Waals surface area contributed by atoms with Gasteiger partial charge in [-0.3, -0.25) is 4.79 Å². The SMILES string of the molecule is CCC(O)/C=C(\ONCC(C)c1cocc(O)c1=O)C(C)C. The zero-order valence-electron chi connectivity index (χ0n) is 13.5. The Hall–Kier alpha value is -1.79. The molecule has 22 heavy (non-hydrogen) atoms. The fourth-order valence-electron chi connectivity index (χ4n) is 1.78. The molecule has 0 spiro atoms. The van der Waals surface area contributed by atoms with Crippen LogP contribution in [0, 0.1) is 5.92 Å². The van der Waals surface area contributed by atoms with E-state index in [4.69, 9.17) is 9.25 Å². The Morgan fingerprint density at radius 2 is 2.09 bits per heavy atom. The van der Waals surface area contributed by atoms with E-state index in [0.29, 0.717) is 24.3 Å². The zero-order chi connectivity index (χ0) is 16.7. The summed E-state index contributed by atoms with van der Waals surface area (Å²) in [6.45, 7) is 7.99. The van der Waals surface area contributed by atoms with Gasteiger partial charge in [-0.1, -0.05) is 27.7 Å². The molecule has 6 nitrogen and oxygen atoms in total. The minimum absolute atomic E-state index is 0.120. The van der Waals surface area contributed by atoms with Gasteiger partial charge in [0, 0.05) is 23.9 Å². The number of hydroxylamine groups is 1. The van der Waals surface area contributed by atoms with Gasteiger partial charge in [-0.15, -0.1) is 0 Å². The first-order valence-electron chi connectivity index (χ1n) is 7.45. The van der Waals surface area contributed by atoms with E-state index in [-0.39, 0.29) is 11.8 Å². The maximum Gasteiger partial charge on any atom is 0.229 e. The summed E-state index contributed by atoms with van der Waals surface area (Å²) in [5, 5.41) is 19.0. The van der Waals surface area contributed by atoms with Gasteiger partial charge in [-0.25, -0.2) is 0 Å². The second kappa shape index (κ2) is 8.60. The van der Waals surface area contributed by atoms with Crippen LogP contribution in [0.4, 0.5) is 0 Å². The summed E-state index contributed by atoms with van der Waals surface area (Å²) in [7, 11) is 0. The van der Waals surface area contributed by atoms with Crippen LogP contribution in [-0.2, 0) is 4.84 Å². The molecule has 0 fully saturated rings. The summed E-state index contributed by atoms with van der Waals surface area (Å²) in [6.07, 6.45) is 4.07. The van der Waals surface area contributed by atoms with Gasteiger partial charge in [-0.2, -0.15) is 5.48 Å². The lowest BCUT2D eigenvalue weighted by atomic mass is 10.0. The Morgan fingerprint density at radius 1 is 1.41 bits per heavy atom. The summed E-state index contributed by atoms with van der Waals surface area (Å²) in [5.74, 6) is 0.159. The van der Waals surface area contributed by atoms with Crippen LogP contribution in [0.5, 0.6) is 5.75 Å². The molecule has 6 heteroatoms. The predicted molar refractivity (Wildman–Crippen MR) is 83.4 cm³/mol. The molecule has 0 saturated carbocycles. The largest absolute Gasteiger partial charge is 0.502 e. The third-order valence-electron chi connectivity index (χ3n) is 3.32. The van der Waals surface area contributed by atoms with Gasteiger partial charge in [0.05, 0.1) is 12.4 Å². The second-order valence-electron chi connectivity index (χ2n) is 5.59. The minimum atomic E-state index is -0.547. The number of aliphatic hydroxyl groups is 1. The topological polar surface area (TPSA) is 91.9 Å². The number of aromatic hydroxyl groups is 1. The smallest absolute Gasteiger partial charge is 0.229 e. The zero-order valence-corrected chi connectivity index (χ0v) is 13.5. The van der Waals surface area contributed by atoms with Gasteiger partial charge in [0.15, 0.2) is 5.75 Å². The monoisotopic (exact) mass is 311 g/mol. The highest BCUT2D eigenvalue weighted by Crippen LogP contribution is 2.15. The van der Waals surface area contributed by atoms with E-state index in [2.05, 4.69) is 5.48 Å². The molecule has 3 N–H and O–H groups in total. The third kappa shape index (κ3) is 5.20. The van der Waals surface area contributed by atoms with E-state index in [1.54, 1.807) is 6.08 Å². The van der Waals surface area contributed by atoms with Crippen LogP contribution in [0.25, 0.3) is 0 Å². The first-order chi connectivity index (χ1) is 10.4. The maximum absolute atomic E-state index is 11.8. The Labute approximate surface area is 130 Å². The average molecular weight is 311 g/mol. The third-order valence-corrected chi connectivity index (χ3v) is 3.32. The fraction of sp³-hybridized carbons (Fsp3) is 0.562. The molecule has 1 aromatic heterocycles. The molecule has 0 radical (unpaired) electrons. The summed E-state index contributed by atoms with van der Waals surface area (Å²) in [4.78, 5) is 17.3. The number of allylic oxidation sites excluding steroid dienone is 1. The summed E-state index contributed by atoms with van der Waals surface area (Å²) in [6, 6.07) is 0. The molecule has 0 aliphatic carbocycles. The van der Waals surface area contributed by atoms with Crippen LogP contribution in [-0.4, -0.2) is 22.9 Å². The van der Waals surface area contributed by atoms with E-state index in [0.717, 1.165) is 6.26 Å². The first-order valence-corrected chi connectivity index (χ1v) is 7.45. The highest BCUT2D eigenvalue weighted by Gasteiger charge is 2.14. The predicted octanol–water partition coefficient (Wildman–Crippen LogP) is 2.28. The maximum atomic E-state index is 11.8. The lowest BCUT2D eigenvalue weighted by Crippen LogP contribution is -2.25. The number of aliphatic hydroxyl groups excluding tert-OH is 1. The summed E-state index contributed by atoms with van der Waals surface area (Å²) >= 11 is 0. The van der Waals surface area contributed by atoms with Crippen molar-refractivity contribution in [2.45, 2.75) is 46.1 Å². The molecule has 124 valence electrons. The van der Waals surface area contributed by atoms with Crippen LogP contribution < -0.4 is 10.9 Å². The first kappa shape index (κ1) is 18.3. The summed E-state index contributed by atoms with van der Waals surface area (Å²) in [5.41, 5.74) is 2.73. The van der Waals surface area contributed by atoms with E-state index in [9.17, 15) is 15.0 Å². The summed E-state index contributed by atoms with van der Waals surface area (Å²) < 4.78 is 4.91. The Kier molecular flexibility index (Phi) is 7.14. The van der Waals surface area contributed by atoms with Gasteiger partial charge in [0.1, 0.15) is 12.0 Å². The van der Waals surface area contributed by atoms with E-state index in [1.807, 2.05) is 27.7 Å². The number of rotatable bonds is 8. The van der Waals surface area contributed by atoms with Gasteiger partial charge in [0.25, 0.3) is 0 Å². The van der Waals surface area contributed by atoms with Crippen molar-refractivity contribution in [1.82, 2.24) is 5.48 Å². The molecule has 2 atom stereocenters. The van der Waals surface area contributed by atoms with Crippen molar-refractivity contribution in [2.24, 2.45) is 5.92 Å². The molecular formula is C16H25NO5. The molecule has 0 bridgehead atoms. The molecule has 1 aromatic rings. The van der Waals surface area contributed by atoms with E-state index < -0.39 is 17.3 Å². The molecule has 0 aliphatic rings. The van der Waals surface area contributed by atoms with Crippen LogP contribution in [0.3, 0.4) is 0 Å². The molecule has 0 aromatic carbocycles. The Balaban J connectivity index is 2.63.